The molecule has 174 valence electrons. The van der Waals surface area contributed by atoms with Gasteiger partial charge >= 0.3 is 0 Å². The van der Waals surface area contributed by atoms with E-state index in [2.05, 4.69) is 15.2 Å². The number of rotatable bonds is 6. The fourth-order valence-corrected chi connectivity index (χ4v) is 5.40. The third-order valence-electron chi connectivity index (χ3n) is 7.07. The van der Waals surface area contributed by atoms with Gasteiger partial charge in [0, 0.05) is 50.1 Å². The summed E-state index contributed by atoms with van der Waals surface area (Å²) in [4.78, 5) is 32.1. The normalized spacial score (nSPS) is 24.1. The maximum atomic E-state index is 14.1. The number of aromatic nitrogens is 1. The van der Waals surface area contributed by atoms with Crippen molar-refractivity contribution < 1.29 is 19.1 Å². The van der Waals surface area contributed by atoms with Gasteiger partial charge in [-0.15, -0.1) is 0 Å². The van der Waals surface area contributed by atoms with Gasteiger partial charge in [-0.2, -0.15) is 0 Å². The van der Waals surface area contributed by atoms with Gasteiger partial charge in [-0.1, -0.05) is 6.07 Å². The molecule has 4 rings (SSSR count). The number of nitrogens with zero attached hydrogens (tertiary/aromatic N) is 2. The highest BCUT2D eigenvalue weighted by Gasteiger charge is 2.35. The quantitative estimate of drug-likeness (QED) is 0.639. The maximum Gasteiger partial charge on any atom is 0.267 e. The Morgan fingerprint density at radius 3 is 2.84 bits per heavy atom. The highest BCUT2D eigenvalue weighted by atomic mass is 19.1. The van der Waals surface area contributed by atoms with Crippen molar-refractivity contribution >= 4 is 22.7 Å². The zero-order valence-electron chi connectivity index (χ0n) is 18.9. The van der Waals surface area contributed by atoms with Crippen LogP contribution in [0, 0.1) is 12.7 Å². The highest BCUT2D eigenvalue weighted by molar-refractivity contribution is 5.99. The van der Waals surface area contributed by atoms with Crippen molar-refractivity contribution in [2.75, 3.05) is 26.2 Å². The summed E-state index contributed by atoms with van der Waals surface area (Å²) in [5.74, 6) is -0.525. The zero-order valence-corrected chi connectivity index (χ0v) is 18.9. The molecule has 1 aliphatic heterocycles. The van der Waals surface area contributed by atoms with E-state index in [1.165, 1.54) is 6.07 Å². The van der Waals surface area contributed by atoms with Gasteiger partial charge in [-0.05, 0) is 56.7 Å². The van der Waals surface area contributed by atoms with Crippen LogP contribution in [0.5, 0.6) is 0 Å². The third kappa shape index (κ3) is 4.66. The van der Waals surface area contributed by atoms with Crippen LogP contribution in [-0.2, 0) is 4.79 Å². The molecule has 1 saturated heterocycles. The van der Waals surface area contributed by atoms with Crippen molar-refractivity contribution in [2.24, 2.45) is 0 Å². The van der Waals surface area contributed by atoms with E-state index in [1.807, 2.05) is 6.92 Å². The van der Waals surface area contributed by atoms with Crippen LogP contribution in [0.3, 0.4) is 0 Å². The monoisotopic (exact) mass is 444 g/mol. The molecule has 2 aromatic rings. The van der Waals surface area contributed by atoms with E-state index >= 15 is 0 Å². The van der Waals surface area contributed by atoms with Gasteiger partial charge in [0.05, 0.1) is 12.1 Å². The number of halogens is 1. The number of H-pyrrole nitrogens is 1. The first kappa shape index (κ1) is 22.7. The minimum Gasteiger partial charge on any atom is -0.395 e. The van der Waals surface area contributed by atoms with Gasteiger partial charge < -0.3 is 20.3 Å². The Balaban J connectivity index is 1.37. The summed E-state index contributed by atoms with van der Waals surface area (Å²) >= 11 is 0. The number of aliphatic hydroxyl groups is 1. The third-order valence-corrected chi connectivity index (χ3v) is 7.07. The van der Waals surface area contributed by atoms with Gasteiger partial charge in [0.1, 0.15) is 11.5 Å². The van der Waals surface area contributed by atoms with E-state index in [0.29, 0.717) is 29.2 Å². The minimum absolute atomic E-state index is 0.00434. The molecule has 8 heteroatoms. The zero-order chi connectivity index (χ0) is 22.8. The molecule has 2 amide bonds. The van der Waals surface area contributed by atoms with Crippen LogP contribution < -0.4 is 5.32 Å². The molecule has 0 bridgehead atoms. The number of carbonyl (C=O) groups excluding carboxylic acids is 2. The van der Waals surface area contributed by atoms with E-state index < -0.39 is 0 Å². The average molecular weight is 445 g/mol. The first-order valence-electron chi connectivity index (χ1n) is 11.6. The summed E-state index contributed by atoms with van der Waals surface area (Å²) < 4.78 is 14.1. The first-order valence-corrected chi connectivity index (χ1v) is 11.6. The van der Waals surface area contributed by atoms with Gasteiger partial charge in [-0.3, -0.25) is 14.5 Å². The number of nitrogens with one attached hydrogen (secondary N) is 2. The number of likely N-dealkylation sites (tertiary alicyclic amines) is 1. The largest absolute Gasteiger partial charge is 0.395 e. The van der Waals surface area contributed by atoms with Crippen molar-refractivity contribution in [2.45, 2.75) is 64.1 Å². The second-order valence-corrected chi connectivity index (χ2v) is 9.20. The topological polar surface area (TPSA) is 88.7 Å². The number of benzene rings is 1. The van der Waals surface area contributed by atoms with Crippen LogP contribution in [0.2, 0.25) is 0 Å². The smallest absolute Gasteiger partial charge is 0.267 e. The van der Waals surface area contributed by atoms with E-state index in [1.54, 1.807) is 24.0 Å². The number of hydrogen-bond acceptors (Lipinski definition) is 4. The number of carbonyl (C=O) groups is 2. The Morgan fingerprint density at radius 2 is 2.12 bits per heavy atom. The Bertz CT molecular complexity index is 952. The lowest BCUT2D eigenvalue weighted by Crippen LogP contribution is -2.47. The number of aliphatic hydroxyl groups excluding tert-OH is 1. The molecule has 0 spiro atoms. The fourth-order valence-electron chi connectivity index (χ4n) is 5.40. The van der Waals surface area contributed by atoms with Crippen LogP contribution >= 0.6 is 0 Å². The molecule has 1 aliphatic carbocycles. The van der Waals surface area contributed by atoms with Crippen LogP contribution in [-0.4, -0.2) is 76.1 Å². The van der Waals surface area contributed by atoms with Crippen LogP contribution in [0.15, 0.2) is 18.2 Å². The van der Waals surface area contributed by atoms with E-state index in [9.17, 15) is 19.1 Å². The van der Waals surface area contributed by atoms with Crippen molar-refractivity contribution in [1.29, 1.82) is 0 Å². The molecule has 1 unspecified atom stereocenters. The number of amides is 2. The molecule has 1 saturated carbocycles. The molecule has 1 aromatic heterocycles. The number of fused-ring (bicyclic) bond motifs is 1. The lowest BCUT2D eigenvalue weighted by Gasteiger charge is -2.36. The SMILES string of the molecule is CC(=O)N(CCO)C1CCN([C@H]2CCC[C@@H](NC(=O)c3cc4c(F)ccc(C)c4[nH]3)C2)C1. The summed E-state index contributed by atoms with van der Waals surface area (Å²) in [6, 6.07) is 5.30. The average Bonchev–Trinajstić information content (AvgIpc) is 3.43. The molecular weight excluding hydrogens is 411 g/mol. The van der Waals surface area contributed by atoms with Gasteiger partial charge in [0.25, 0.3) is 5.91 Å². The lowest BCUT2D eigenvalue weighted by molar-refractivity contribution is -0.131. The van der Waals surface area contributed by atoms with Crippen molar-refractivity contribution in [3.8, 4) is 0 Å². The summed E-state index contributed by atoms with van der Waals surface area (Å²) in [6.45, 7) is 5.54. The molecule has 3 atom stereocenters. The van der Waals surface area contributed by atoms with Gasteiger partial charge in [0.15, 0.2) is 0 Å². The number of aromatic amines is 1. The van der Waals surface area contributed by atoms with Crippen molar-refractivity contribution in [1.82, 2.24) is 20.1 Å². The standard InChI is InChI=1S/C24H33FN4O3/c1-15-6-7-21(25)20-13-22(27-23(15)20)24(32)26-17-4-3-5-18(12-17)28-9-8-19(14-28)29(10-11-30)16(2)31/h6-7,13,17-19,27,30H,3-5,8-12,14H2,1-2H3,(H,26,32)/t17-,18+,19?/m1/s1. The van der Waals surface area contributed by atoms with Crippen LogP contribution in [0.25, 0.3) is 10.9 Å². The molecule has 3 N–H and O–H groups in total. The summed E-state index contributed by atoms with van der Waals surface area (Å²) in [6.07, 6.45) is 4.82. The van der Waals surface area contributed by atoms with Gasteiger partial charge in [0.2, 0.25) is 5.91 Å². The lowest BCUT2D eigenvalue weighted by atomic mass is 9.90. The summed E-state index contributed by atoms with van der Waals surface area (Å²) in [5, 5.41) is 12.9. The Hall–Kier alpha value is -2.45. The fraction of sp³-hybridized carbons (Fsp3) is 0.583. The summed E-state index contributed by atoms with van der Waals surface area (Å²) in [5.41, 5.74) is 1.96. The molecule has 2 heterocycles. The summed E-state index contributed by atoms with van der Waals surface area (Å²) in [7, 11) is 0. The predicted molar refractivity (Wildman–Crippen MR) is 121 cm³/mol. The Kier molecular flexibility index (Phi) is 6.81. The highest BCUT2D eigenvalue weighted by Crippen LogP contribution is 2.28. The number of hydrogen-bond donors (Lipinski definition) is 3. The van der Waals surface area contributed by atoms with Gasteiger partial charge in [-0.25, -0.2) is 4.39 Å². The predicted octanol–water partition coefficient (Wildman–Crippen LogP) is 2.57. The van der Waals surface area contributed by atoms with Crippen molar-refractivity contribution in [3.05, 3.63) is 35.3 Å². The Morgan fingerprint density at radius 1 is 1.31 bits per heavy atom. The van der Waals surface area contributed by atoms with E-state index in [4.69, 9.17) is 0 Å². The van der Waals surface area contributed by atoms with Crippen LogP contribution in [0.1, 0.15) is 55.1 Å². The minimum atomic E-state index is -0.331. The maximum absolute atomic E-state index is 14.1. The molecule has 2 aliphatic rings. The second-order valence-electron chi connectivity index (χ2n) is 9.20. The molecule has 7 nitrogen and oxygen atoms in total. The Labute approximate surface area is 188 Å². The van der Waals surface area contributed by atoms with E-state index in [-0.39, 0.29) is 36.3 Å². The first-order chi connectivity index (χ1) is 15.4. The second kappa shape index (κ2) is 9.58. The van der Waals surface area contributed by atoms with E-state index in [0.717, 1.165) is 50.8 Å². The molecule has 32 heavy (non-hydrogen) atoms. The molecule has 0 radical (unpaired) electrons. The van der Waals surface area contributed by atoms with Crippen molar-refractivity contribution in [3.63, 3.8) is 0 Å². The molecular formula is C24H33FN4O3. The molecule has 2 fully saturated rings. The number of aryl methyl sites for hydroxylation is 1. The molecule has 1 aromatic carbocycles. The van der Waals surface area contributed by atoms with Crippen LogP contribution in [0.4, 0.5) is 4.39 Å².